The third-order valence-electron chi connectivity index (χ3n) is 8.53. The van der Waals surface area contributed by atoms with Gasteiger partial charge in [-0.15, -0.1) is 0 Å². The second kappa shape index (κ2) is 4.96. The minimum atomic E-state index is -0.0362. The van der Waals surface area contributed by atoms with Crippen molar-refractivity contribution in [2.24, 2.45) is 45.4 Å². The van der Waals surface area contributed by atoms with E-state index in [1.54, 1.807) is 0 Å². The number of aliphatic hydroxyl groups excluding tert-OH is 1. The molecule has 4 rings (SSSR count). The van der Waals surface area contributed by atoms with Gasteiger partial charge in [-0.05, 0) is 86.9 Å². The highest BCUT2D eigenvalue weighted by Gasteiger charge is 2.59. The van der Waals surface area contributed by atoms with E-state index in [0.29, 0.717) is 5.41 Å². The van der Waals surface area contributed by atoms with Crippen molar-refractivity contribution in [2.45, 2.75) is 77.7 Å². The van der Waals surface area contributed by atoms with Crippen molar-refractivity contribution in [1.29, 1.82) is 0 Å². The molecular weight excluding hydrogens is 272 g/mol. The fourth-order valence-corrected chi connectivity index (χ4v) is 7.24. The molecule has 0 unspecified atom stereocenters. The third-order valence-corrected chi connectivity index (χ3v) is 8.53. The number of hydrazone groups is 1. The third kappa shape index (κ3) is 1.87. The van der Waals surface area contributed by atoms with Crippen LogP contribution in [0.1, 0.15) is 71.6 Å². The lowest BCUT2D eigenvalue weighted by molar-refractivity contribution is -0.113. The molecule has 0 aliphatic heterocycles. The van der Waals surface area contributed by atoms with E-state index in [2.05, 4.69) is 18.9 Å². The highest BCUT2D eigenvalue weighted by atomic mass is 16.3. The van der Waals surface area contributed by atoms with Crippen LogP contribution in [0, 0.1) is 34.5 Å². The molecule has 0 bridgehead atoms. The van der Waals surface area contributed by atoms with Crippen LogP contribution in [0.5, 0.6) is 0 Å². The van der Waals surface area contributed by atoms with Crippen LogP contribution in [0.3, 0.4) is 0 Å². The molecule has 0 heterocycles. The Balaban J connectivity index is 1.63. The summed E-state index contributed by atoms with van der Waals surface area (Å²) in [5.41, 5.74) is 2.06. The van der Waals surface area contributed by atoms with Gasteiger partial charge in [0.05, 0.1) is 6.10 Å². The Morgan fingerprint density at radius 3 is 2.64 bits per heavy atom. The topological polar surface area (TPSA) is 58.6 Å². The molecule has 4 fully saturated rings. The molecule has 3 N–H and O–H groups in total. The van der Waals surface area contributed by atoms with Crippen LogP contribution in [0.2, 0.25) is 0 Å². The Kier molecular flexibility index (Phi) is 3.38. The lowest BCUT2D eigenvalue weighted by atomic mass is 9.45. The SMILES string of the molecule is C[C@]12CC[C@H](O)C[C@@H]1CC[C@@H]1[C@@H]2CC[C@]2(C)/C(=N/N)CC[C@@H]12. The van der Waals surface area contributed by atoms with Gasteiger partial charge in [0.1, 0.15) is 0 Å². The first-order valence-corrected chi connectivity index (χ1v) is 9.44. The zero-order valence-corrected chi connectivity index (χ0v) is 14.2. The number of hydrogen-bond donors (Lipinski definition) is 2. The molecule has 0 aromatic carbocycles. The number of rotatable bonds is 0. The van der Waals surface area contributed by atoms with E-state index in [0.717, 1.165) is 42.9 Å². The molecule has 0 saturated heterocycles. The summed E-state index contributed by atoms with van der Waals surface area (Å²) in [5.74, 6) is 9.00. The molecule has 4 aliphatic carbocycles. The lowest BCUT2D eigenvalue weighted by Gasteiger charge is -2.60. The molecule has 22 heavy (non-hydrogen) atoms. The molecule has 4 aliphatic rings. The molecular formula is C19H32N2O. The lowest BCUT2D eigenvalue weighted by Crippen LogP contribution is -2.54. The van der Waals surface area contributed by atoms with Crippen molar-refractivity contribution in [3.05, 3.63) is 0 Å². The van der Waals surface area contributed by atoms with E-state index >= 15 is 0 Å². The van der Waals surface area contributed by atoms with Crippen molar-refractivity contribution < 1.29 is 5.11 Å². The van der Waals surface area contributed by atoms with Crippen LogP contribution in [0.25, 0.3) is 0 Å². The first kappa shape index (κ1) is 15.0. The average molecular weight is 304 g/mol. The molecule has 0 spiro atoms. The van der Waals surface area contributed by atoms with E-state index in [-0.39, 0.29) is 11.5 Å². The van der Waals surface area contributed by atoms with Gasteiger partial charge in [-0.2, -0.15) is 5.10 Å². The van der Waals surface area contributed by atoms with E-state index in [4.69, 9.17) is 5.84 Å². The molecule has 0 aromatic rings. The average Bonchev–Trinajstić information content (AvgIpc) is 2.84. The van der Waals surface area contributed by atoms with E-state index in [1.807, 2.05) is 0 Å². The van der Waals surface area contributed by atoms with Gasteiger partial charge in [0.2, 0.25) is 0 Å². The second-order valence-corrected chi connectivity index (χ2v) is 9.16. The number of aliphatic hydroxyl groups is 1. The summed E-state index contributed by atoms with van der Waals surface area (Å²) in [6, 6.07) is 0. The quantitative estimate of drug-likeness (QED) is 0.529. The molecule has 0 amide bonds. The monoisotopic (exact) mass is 304 g/mol. The summed E-state index contributed by atoms with van der Waals surface area (Å²) in [6.07, 6.45) is 11.0. The van der Waals surface area contributed by atoms with Crippen molar-refractivity contribution in [3.63, 3.8) is 0 Å². The summed E-state index contributed by atoms with van der Waals surface area (Å²) in [4.78, 5) is 0. The smallest absolute Gasteiger partial charge is 0.0543 e. The van der Waals surface area contributed by atoms with Crippen LogP contribution >= 0.6 is 0 Å². The minimum absolute atomic E-state index is 0.0362. The molecule has 3 nitrogen and oxygen atoms in total. The minimum Gasteiger partial charge on any atom is -0.393 e. The molecule has 0 aromatic heterocycles. The van der Waals surface area contributed by atoms with Crippen LogP contribution in [0.4, 0.5) is 0 Å². The zero-order valence-electron chi connectivity index (χ0n) is 14.2. The fraction of sp³-hybridized carbons (Fsp3) is 0.947. The molecule has 0 radical (unpaired) electrons. The Morgan fingerprint density at radius 1 is 1.05 bits per heavy atom. The maximum atomic E-state index is 10.1. The van der Waals surface area contributed by atoms with Gasteiger partial charge in [0.25, 0.3) is 0 Å². The normalized spacial score (nSPS) is 56.3. The van der Waals surface area contributed by atoms with Crippen LogP contribution in [-0.2, 0) is 0 Å². The Morgan fingerprint density at radius 2 is 1.86 bits per heavy atom. The number of hydrogen-bond acceptors (Lipinski definition) is 3. The van der Waals surface area contributed by atoms with Gasteiger partial charge in [0.15, 0.2) is 0 Å². The van der Waals surface area contributed by atoms with Crippen LogP contribution in [0.15, 0.2) is 5.10 Å². The van der Waals surface area contributed by atoms with E-state index < -0.39 is 0 Å². The number of nitrogens with zero attached hydrogens (tertiary/aromatic N) is 1. The maximum Gasteiger partial charge on any atom is 0.0543 e. The molecule has 124 valence electrons. The van der Waals surface area contributed by atoms with Gasteiger partial charge in [-0.1, -0.05) is 13.8 Å². The van der Waals surface area contributed by atoms with Crippen LogP contribution in [-0.4, -0.2) is 16.9 Å². The summed E-state index contributed by atoms with van der Waals surface area (Å²) in [7, 11) is 0. The van der Waals surface area contributed by atoms with Crippen molar-refractivity contribution in [3.8, 4) is 0 Å². The van der Waals surface area contributed by atoms with Crippen molar-refractivity contribution in [2.75, 3.05) is 0 Å². The largest absolute Gasteiger partial charge is 0.393 e. The van der Waals surface area contributed by atoms with Crippen LogP contribution < -0.4 is 5.84 Å². The number of nitrogens with two attached hydrogens (primary N) is 1. The summed E-state index contributed by atoms with van der Waals surface area (Å²) in [5, 5.41) is 14.3. The zero-order chi connectivity index (χ0) is 15.5. The standard InChI is InChI=1S/C19H32N2O/c1-18-9-7-13(22)11-12(18)3-4-14-15-5-6-17(21-20)19(15,2)10-8-16(14)18/h12-16,22H,3-11,20H2,1-2H3/b21-17+/t12-,13-,14-,15-,16-,18-,19-/m0/s1. The Bertz CT molecular complexity index is 490. The van der Waals surface area contributed by atoms with Gasteiger partial charge in [0, 0.05) is 11.1 Å². The maximum absolute atomic E-state index is 10.1. The highest BCUT2D eigenvalue weighted by molar-refractivity contribution is 5.92. The molecule has 3 heteroatoms. The first-order valence-electron chi connectivity index (χ1n) is 9.44. The van der Waals surface area contributed by atoms with Gasteiger partial charge < -0.3 is 10.9 Å². The Labute approximate surface area is 134 Å². The van der Waals surface area contributed by atoms with Crippen molar-refractivity contribution in [1.82, 2.24) is 0 Å². The first-order chi connectivity index (χ1) is 10.5. The van der Waals surface area contributed by atoms with Crippen molar-refractivity contribution >= 4 is 5.71 Å². The number of fused-ring (bicyclic) bond motifs is 5. The van der Waals surface area contributed by atoms with Gasteiger partial charge in [-0.3, -0.25) is 0 Å². The summed E-state index contributed by atoms with van der Waals surface area (Å²) >= 11 is 0. The molecule has 4 saturated carbocycles. The van der Waals surface area contributed by atoms with E-state index in [1.165, 1.54) is 44.2 Å². The van der Waals surface area contributed by atoms with Gasteiger partial charge >= 0.3 is 0 Å². The summed E-state index contributed by atoms with van der Waals surface area (Å²) in [6.45, 7) is 4.99. The predicted octanol–water partition coefficient (Wildman–Crippen LogP) is 3.70. The second-order valence-electron chi connectivity index (χ2n) is 9.16. The van der Waals surface area contributed by atoms with Gasteiger partial charge in [-0.25, -0.2) is 0 Å². The van der Waals surface area contributed by atoms with E-state index in [9.17, 15) is 5.11 Å². The predicted molar refractivity (Wildman–Crippen MR) is 89.4 cm³/mol. The fourth-order valence-electron chi connectivity index (χ4n) is 7.24. The molecule has 7 atom stereocenters. The summed E-state index contributed by atoms with van der Waals surface area (Å²) < 4.78 is 0. The Hall–Kier alpha value is -0.570. The highest BCUT2D eigenvalue weighted by Crippen LogP contribution is 2.65.